The Morgan fingerprint density at radius 3 is 2.73 bits per heavy atom. The Bertz CT molecular complexity index is 825. The van der Waals surface area contributed by atoms with Crippen LogP contribution >= 0.6 is 15.9 Å². The number of rotatable bonds is 4. The molecule has 0 aliphatic rings. The summed E-state index contributed by atoms with van der Waals surface area (Å²) in [7, 11) is 0. The van der Waals surface area contributed by atoms with Crippen LogP contribution in [0.2, 0.25) is 0 Å². The number of nitro groups is 1. The predicted molar refractivity (Wildman–Crippen MR) is 80.2 cm³/mol. The number of hydrogen-bond donors (Lipinski definition) is 0. The molecule has 2 heterocycles. The fourth-order valence-corrected chi connectivity index (χ4v) is 2.33. The SMILES string of the molecule is Cc1ccc(-c2noc(Cn3cc(Br)c([N+](=O)[O-])n3)n2)cc1. The van der Waals surface area contributed by atoms with E-state index in [0.29, 0.717) is 16.2 Å². The minimum atomic E-state index is -0.563. The standard InChI is InChI=1S/C13H10BrN5O3/c1-8-2-4-9(5-3-8)12-15-11(22-17-12)7-18-6-10(14)13(16-18)19(20)21/h2-6H,7H2,1H3. The Balaban J connectivity index is 1.81. The van der Waals surface area contributed by atoms with E-state index in [1.165, 1.54) is 10.9 Å². The van der Waals surface area contributed by atoms with Crippen LogP contribution < -0.4 is 0 Å². The first-order valence-electron chi connectivity index (χ1n) is 6.30. The van der Waals surface area contributed by atoms with Crippen molar-refractivity contribution in [2.24, 2.45) is 0 Å². The monoisotopic (exact) mass is 363 g/mol. The van der Waals surface area contributed by atoms with Gasteiger partial charge in [-0.2, -0.15) is 9.67 Å². The summed E-state index contributed by atoms with van der Waals surface area (Å²) in [6.07, 6.45) is 1.49. The topological polar surface area (TPSA) is 99.9 Å². The smallest absolute Gasteiger partial charge is 0.358 e. The second-order valence-corrected chi connectivity index (χ2v) is 5.49. The van der Waals surface area contributed by atoms with Crippen LogP contribution in [0.4, 0.5) is 5.82 Å². The van der Waals surface area contributed by atoms with Crippen molar-refractivity contribution in [2.45, 2.75) is 13.5 Å². The zero-order valence-electron chi connectivity index (χ0n) is 11.4. The van der Waals surface area contributed by atoms with E-state index >= 15 is 0 Å². The van der Waals surface area contributed by atoms with Crippen LogP contribution in [0.15, 0.2) is 39.5 Å². The molecule has 0 spiro atoms. The molecule has 2 aromatic heterocycles. The molecule has 1 aromatic carbocycles. The average Bonchev–Trinajstić information content (AvgIpc) is 3.07. The van der Waals surface area contributed by atoms with Gasteiger partial charge in [-0.3, -0.25) is 0 Å². The van der Waals surface area contributed by atoms with Gasteiger partial charge in [-0.25, -0.2) is 0 Å². The van der Waals surface area contributed by atoms with Gasteiger partial charge in [0, 0.05) is 5.56 Å². The normalized spacial score (nSPS) is 10.8. The molecule has 3 rings (SSSR count). The van der Waals surface area contributed by atoms with Crippen molar-refractivity contribution in [2.75, 3.05) is 0 Å². The lowest BCUT2D eigenvalue weighted by molar-refractivity contribution is -0.390. The van der Waals surface area contributed by atoms with E-state index < -0.39 is 4.92 Å². The summed E-state index contributed by atoms with van der Waals surface area (Å²) in [4.78, 5) is 14.5. The molecule has 0 aliphatic carbocycles. The molecule has 0 aliphatic heterocycles. The fraction of sp³-hybridized carbons (Fsp3) is 0.154. The molecular formula is C13H10BrN5O3. The van der Waals surface area contributed by atoms with Gasteiger partial charge in [0.25, 0.3) is 5.89 Å². The maximum absolute atomic E-state index is 10.8. The maximum atomic E-state index is 10.8. The highest BCUT2D eigenvalue weighted by molar-refractivity contribution is 9.10. The third-order valence-electron chi connectivity index (χ3n) is 2.95. The second kappa shape index (κ2) is 5.68. The quantitative estimate of drug-likeness (QED) is 0.521. The highest BCUT2D eigenvalue weighted by atomic mass is 79.9. The van der Waals surface area contributed by atoms with Crippen molar-refractivity contribution in [1.82, 2.24) is 19.9 Å². The van der Waals surface area contributed by atoms with Gasteiger partial charge in [0.05, 0.1) is 11.3 Å². The Morgan fingerprint density at radius 2 is 2.09 bits per heavy atom. The lowest BCUT2D eigenvalue weighted by Gasteiger charge is -1.94. The van der Waals surface area contributed by atoms with Crippen molar-refractivity contribution >= 4 is 21.7 Å². The minimum absolute atomic E-state index is 0.158. The van der Waals surface area contributed by atoms with Crippen LogP contribution in [0.5, 0.6) is 0 Å². The van der Waals surface area contributed by atoms with E-state index in [2.05, 4.69) is 31.2 Å². The average molecular weight is 364 g/mol. The van der Waals surface area contributed by atoms with E-state index in [-0.39, 0.29) is 12.4 Å². The Kier molecular flexibility index (Phi) is 3.72. The molecule has 0 atom stereocenters. The highest BCUT2D eigenvalue weighted by Crippen LogP contribution is 2.23. The summed E-state index contributed by atoms with van der Waals surface area (Å²) < 4.78 is 6.83. The summed E-state index contributed by atoms with van der Waals surface area (Å²) >= 11 is 3.09. The van der Waals surface area contributed by atoms with Gasteiger partial charge in [-0.05, 0) is 27.8 Å². The number of nitrogens with zero attached hydrogens (tertiary/aromatic N) is 5. The summed E-state index contributed by atoms with van der Waals surface area (Å²) in [6, 6.07) is 7.72. The molecule has 9 heteroatoms. The Labute approximate surface area is 133 Å². The van der Waals surface area contributed by atoms with Crippen molar-refractivity contribution < 1.29 is 9.45 Å². The molecule has 3 aromatic rings. The number of aryl methyl sites for hydroxylation is 1. The predicted octanol–water partition coefficient (Wildman–Crippen LogP) is 2.96. The highest BCUT2D eigenvalue weighted by Gasteiger charge is 2.20. The minimum Gasteiger partial charge on any atom is -0.358 e. The first-order chi connectivity index (χ1) is 10.5. The van der Waals surface area contributed by atoms with Crippen LogP contribution in [0.1, 0.15) is 11.5 Å². The first-order valence-corrected chi connectivity index (χ1v) is 7.09. The Hall–Kier alpha value is -2.55. The van der Waals surface area contributed by atoms with E-state index in [4.69, 9.17) is 4.52 Å². The lowest BCUT2D eigenvalue weighted by Crippen LogP contribution is -2.01. The van der Waals surface area contributed by atoms with Crippen LogP contribution in [-0.4, -0.2) is 24.8 Å². The number of benzene rings is 1. The molecule has 0 saturated carbocycles. The van der Waals surface area contributed by atoms with Crippen LogP contribution in [0.25, 0.3) is 11.4 Å². The van der Waals surface area contributed by atoms with Crippen LogP contribution in [0.3, 0.4) is 0 Å². The van der Waals surface area contributed by atoms with E-state index in [1.54, 1.807) is 0 Å². The van der Waals surface area contributed by atoms with E-state index in [9.17, 15) is 10.1 Å². The fourth-order valence-electron chi connectivity index (χ4n) is 1.87. The lowest BCUT2D eigenvalue weighted by atomic mass is 10.1. The number of hydrogen-bond acceptors (Lipinski definition) is 6. The summed E-state index contributed by atoms with van der Waals surface area (Å²) in [6.45, 7) is 2.15. The number of halogens is 1. The van der Waals surface area contributed by atoms with Gasteiger partial charge in [0.2, 0.25) is 5.82 Å². The van der Waals surface area contributed by atoms with E-state index in [0.717, 1.165) is 11.1 Å². The molecule has 0 amide bonds. The zero-order valence-corrected chi connectivity index (χ0v) is 13.0. The molecular weight excluding hydrogens is 354 g/mol. The van der Waals surface area contributed by atoms with Gasteiger partial charge in [-0.1, -0.05) is 35.0 Å². The molecule has 0 fully saturated rings. The summed E-state index contributed by atoms with van der Waals surface area (Å²) in [5, 5.41) is 18.5. The van der Waals surface area contributed by atoms with Gasteiger partial charge in [0.15, 0.2) is 0 Å². The molecule has 112 valence electrons. The maximum Gasteiger partial charge on any atom is 0.404 e. The zero-order chi connectivity index (χ0) is 15.7. The molecule has 0 unspecified atom stereocenters. The van der Waals surface area contributed by atoms with Gasteiger partial charge >= 0.3 is 5.82 Å². The summed E-state index contributed by atoms with van der Waals surface area (Å²) in [5.74, 6) is 0.537. The molecule has 0 radical (unpaired) electrons. The molecule has 0 bridgehead atoms. The van der Waals surface area contributed by atoms with Crippen molar-refractivity contribution in [3.63, 3.8) is 0 Å². The van der Waals surface area contributed by atoms with Gasteiger partial charge < -0.3 is 14.6 Å². The third-order valence-corrected chi connectivity index (χ3v) is 3.51. The summed E-state index contributed by atoms with van der Waals surface area (Å²) in [5.41, 5.74) is 1.98. The van der Waals surface area contributed by atoms with Gasteiger partial charge in [-0.15, -0.1) is 0 Å². The largest absolute Gasteiger partial charge is 0.404 e. The molecule has 8 nitrogen and oxygen atoms in total. The van der Waals surface area contributed by atoms with Crippen molar-refractivity contribution in [3.05, 3.63) is 56.5 Å². The molecule has 0 N–H and O–H groups in total. The van der Waals surface area contributed by atoms with E-state index in [1.807, 2.05) is 31.2 Å². The van der Waals surface area contributed by atoms with Crippen LogP contribution in [-0.2, 0) is 6.54 Å². The van der Waals surface area contributed by atoms with Crippen LogP contribution in [0, 0.1) is 17.0 Å². The Morgan fingerprint density at radius 1 is 1.36 bits per heavy atom. The van der Waals surface area contributed by atoms with Crippen molar-refractivity contribution in [1.29, 1.82) is 0 Å². The van der Waals surface area contributed by atoms with Crippen molar-refractivity contribution in [3.8, 4) is 11.4 Å². The molecule has 0 saturated heterocycles. The first kappa shape index (κ1) is 14.4. The number of aromatic nitrogens is 4. The molecule has 22 heavy (non-hydrogen) atoms. The second-order valence-electron chi connectivity index (χ2n) is 4.63. The third kappa shape index (κ3) is 2.89. The van der Waals surface area contributed by atoms with Gasteiger partial charge in [0.1, 0.15) is 11.0 Å².